The molecule has 144 valence electrons. The highest BCUT2D eigenvalue weighted by Gasteiger charge is 2.09. The fourth-order valence-electron chi connectivity index (χ4n) is 2.58. The van der Waals surface area contributed by atoms with E-state index in [1.54, 1.807) is 25.3 Å². The number of hydrogen-bond acceptors (Lipinski definition) is 4. The molecule has 6 heteroatoms. The molecule has 0 aliphatic rings. The Morgan fingerprint density at radius 1 is 0.964 bits per heavy atom. The van der Waals surface area contributed by atoms with Crippen molar-refractivity contribution in [1.29, 1.82) is 0 Å². The molecule has 1 amide bonds. The third-order valence-electron chi connectivity index (χ3n) is 4.00. The Balaban J connectivity index is 1.57. The van der Waals surface area contributed by atoms with Crippen LogP contribution in [-0.4, -0.2) is 19.6 Å². The lowest BCUT2D eigenvalue weighted by atomic mass is 10.2. The van der Waals surface area contributed by atoms with Crippen LogP contribution in [0.5, 0.6) is 11.5 Å². The molecule has 3 aromatic rings. The fraction of sp³-hybridized carbons (Fsp3) is 0.136. The standard InChI is InChI=1S/C22H21ClN2O3/c1-27-20-12-11-17(13-18(20)23)24-14-22(26)25-19-9-5-6-10-21(19)28-15-16-7-3-2-4-8-16/h2-13,24H,14-15H2,1H3,(H,25,26). The van der Waals surface area contributed by atoms with Crippen molar-refractivity contribution in [3.8, 4) is 11.5 Å². The minimum Gasteiger partial charge on any atom is -0.495 e. The molecule has 0 unspecified atom stereocenters. The average Bonchev–Trinajstić information content (AvgIpc) is 2.72. The SMILES string of the molecule is COc1ccc(NCC(=O)Nc2ccccc2OCc2ccccc2)cc1Cl. The van der Waals surface area contributed by atoms with Gasteiger partial charge in [0, 0.05) is 5.69 Å². The maximum atomic E-state index is 12.3. The van der Waals surface area contributed by atoms with Gasteiger partial charge in [-0.25, -0.2) is 0 Å². The summed E-state index contributed by atoms with van der Waals surface area (Å²) in [6.45, 7) is 0.520. The van der Waals surface area contributed by atoms with Crippen molar-refractivity contribution in [1.82, 2.24) is 0 Å². The predicted molar refractivity (Wildman–Crippen MR) is 112 cm³/mol. The molecule has 0 bridgehead atoms. The van der Waals surface area contributed by atoms with E-state index in [2.05, 4.69) is 10.6 Å². The molecular formula is C22H21ClN2O3. The molecule has 28 heavy (non-hydrogen) atoms. The number of para-hydroxylation sites is 2. The topological polar surface area (TPSA) is 59.6 Å². The van der Waals surface area contributed by atoms with Crippen LogP contribution in [0.3, 0.4) is 0 Å². The molecule has 3 rings (SSSR count). The Morgan fingerprint density at radius 3 is 2.46 bits per heavy atom. The number of rotatable bonds is 8. The lowest BCUT2D eigenvalue weighted by Gasteiger charge is -2.13. The molecule has 0 spiro atoms. The molecule has 0 heterocycles. The summed E-state index contributed by atoms with van der Waals surface area (Å²) in [5, 5.41) is 6.39. The molecule has 5 nitrogen and oxygen atoms in total. The maximum Gasteiger partial charge on any atom is 0.243 e. The lowest BCUT2D eigenvalue weighted by molar-refractivity contribution is -0.114. The van der Waals surface area contributed by atoms with E-state index in [4.69, 9.17) is 21.1 Å². The molecule has 2 N–H and O–H groups in total. The van der Waals surface area contributed by atoms with Crippen molar-refractivity contribution in [2.24, 2.45) is 0 Å². The Bertz CT molecular complexity index is 932. The summed E-state index contributed by atoms with van der Waals surface area (Å²) >= 11 is 6.10. The van der Waals surface area contributed by atoms with E-state index < -0.39 is 0 Å². The highest BCUT2D eigenvalue weighted by Crippen LogP contribution is 2.27. The zero-order chi connectivity index (χ0) is 19.8. The monoisotopic (exact) mass is 396 g/mol. The van der Waals surface area contributed by atoms with Crippen molar-refractivity contribution in [2.45, 2.75) is 6.61 Å². The van der Waals surface area contributed by atoms with Gasteiger partial charge in [0.15, 0.2) is 0 Å². The largest absolute Gasteiger partial charge is 0.495 e. The summed E-state index contributed by atoms with van der Waals surface area (Å²) in [5.74, 6) is 1.01. The van der Waals surface area contributed by atoms with E-state index >= 15 is 0 Å². The second-order valence-electron chi connectivity index (χ2n) is 6.02. The average molecular weight is 397 g/mol. The zero-order valence-corrected chi connectivity index (χ0v) is 16.2. The Hall–Kier alpha value is -3.18. The van der Waals surface area contributed by atoms with Crippen LogP contribution in [0.2, 0.25) is 5.02 Å². The van der Waals surface area contributed by atoms with Gasteiger partial charge in [0.05, 0.1) is 24.4 Å². The van der Waals surface area contributed by atoms with Crippen molar-refractivity contribution in [3.63, 3.8) is 0 Å². The van der Waals surface area contributed by atoms with Crippen LogP contribution in [0.4, 0.5) is 11.4 Å². The van der Waals surface area contributed by atoms with Gasteiger partial charge in [-0.3, -0.25) is 4.79 Å². The van der Waals surface area contributed by atoms with Crippen molar-refractivity contribution < 1.29 is 14.3 Å². The van der Waals surface area contributed by atoms with Gasteiger partial charge in [-0.05, 0) is 35.9 Å². The molecular weight excluding hydrogens is 376 g/mol. The first-order chi connectivity index (χ1) is 13.7. The highest BCUT2D eigenvalue weighted by atomic mass is 35.5. The second kappa shape index (κ2) is 9.67. The van der Waals surface area contributed by atoms with Gasteiger partial charge in [0.2, 0.25) is 5.91 Å². The van der Waals surface area contributed by atoms with E-state index in [-0.39, 0.29) is 12.5 Å². The smallest absolute Gasteiger partial charge is 0.243 e. The number of carbonyl (C=O) groups is 1. The second-order valence-corrected chi connectivity index (χ2v) is 6.43. The summed E-state index contributed by atoms with van der Waals surface area (Å²) in [5.41, 5.74) is 2.41. The van der Waals surface area contributed by atoms with Crippen molar-refractivity contribution in [2.75, 3.05) is 24.3 Å². The molecule has 0 aromatic heterocycles. The summed E-state index contributed by atoms with van der Waals surface area (Å²) in [6, 6.07) is 22.5. The van der Waals surface area contributed by atoms with Crippen LogP contribution in [-0.2, 0) is 11.4 Å². The minimum atomic E-state index is -0.192. The van der Waals surface area contributed by atoms with E-state index in [0.717, 1.165) is 11.3 Å². The Kier molecular flexibility index (Phi) is 6.76. The quantitative estimate of drug-likeness (QED) is 0.563. The summed E-state index contributed by atoms with van der Waals surface area (Å²) in [6.07, 6.45) is 0. The number of benzene rings is 3. The van der Waals surface area contributed by atoms with Crippen LogP contribution in [0.25, 0.3) is 0 Å². The van der Waals surface area contributed by atoms with Gasteiger partial charge < -0.3 is 20.1 Å². The molecule has 0 saturated carbocycles. The number of halogens is 1. The molecule has 0 aliphatic heterocycles. The third kappa shape index (κ3) is 5.41. The van der Waals surface area contributed by atoms with Gasteiger partial charge in [0.25, 0.3) is 0 Å². The van der Waals surface area contributed by atoms with Crippen LogP contribution in [0.1, 0.15) is 5.56 Å². The molecule has 0 aliphatic carbocycles. The van der Waals surface area contributed by atoms with Crippen LogP contribution < -0.4 is 20.1 Å². The van der Waals surface area contributed by atoms with E-state index in [0.29, 0.717) is 28.8 Å². The lowest BCUT2D eigenvalue weighted by Crippen LogP contribution is -2.22. The zero-order valence-electron chi connectivity index (χ0n) is 15.4. The van der Waals surface area contributed by atoms with Gasteiger partial charge in [0.1, 0.15) is 18.1 Å². The van der Waals surface area contributed by atoms with E-state index in [1.165, 1.54) is 0 Å². The van der Waals surface area contributed by atoms with E-state index in [9.17, 15) is 4.79 Å². The first kappa shape index (κ1) is 19.6. The first-order valence-electron chi connectivity index (χ1n) is 8.79. The molecule has 0 radical (unpaired) electrons. The summed E-state index contributed by atoms with van der Waals surface area (Å²) < 4.78 is 11.0. The normalized spacial score (nSPS) is 10.2. The predicted octanol–water partition coefficient (Wildman–Crippen LogP) is 4.98. The minimum absolute atomic E-state index is 0.0929. The summed E-state index contributed by atoms with van der Waals surface area (Å²) in [7, 11) is 1.55. The number of ether oxygens (including phenoxy) is 2. The number of hydrogen-bond donors (Lipinski definition) is 2. The molecule has 0 atom stereocenters. The van der Waals surface area contributed by atoms with Crippen molar-refractivity contribution >= 4 is 28.9 Å². The number of nitrogens with one attached hydrogen (secondary N) is 2. The number of carbonyl (C=O) groups excluding carboxylic acids is 1. The number of methoxy groups -OCH3 is 1. The van der Waals surface area contributed by atoms with Crippen LogP contribution >= 0.6 is 11.6 Å². The third-order valence-corrected chi connectivity index (χ3v) is 4.30. The molecule has 0 fully saturated rings. The van der Waals surface area contributed by atoms with Gasteiger partial charge >= 0.3 is 0 Å². The van der Waals surface area contributed by atoms with Crippen LogP contribution in [0.15, 0.2) is 72.8 Å². The first-order valence-corrected chi connectivity index (χ1v) is 9.16. The summed E-state index contributed by atoms with van der Waals surface area (Å²) in [4.78, 5) is 12.3. The number of amides is 1. The van der Waals surface area contributed by atoms with Gasteiger partial charge in [-0.2, -0.15) is 0 Å². The molecule has 0 saturated heterocycles. The Labute approximate surface area is 169 Å². The Morgan fingerprint density at radius 2 is 1.71 bits per heavy atom. The van der Waals surface area contributed by atoms with E-state index in [1.807, 2.05) is 54.6 Å². The highest BCUT2D eigenvalue weighted by molar-refractivity contribution is 6.32. The van der Waals surface area contributed by atoms with Crippen molar-refractivity contribution in [3.05, 3.63) is 83.4 Å². The van der Waals surface area contributed by atoms with Gasteiger partial charge in [-0.1, -0.05) is 54.1 Å². The van der Waals surface area contributed by atoms with Crippen LogP contribution in [0, 0.1) is 0 Å². The molecule has 3 aromatic carbocycles. The number of anilines is 2. The van der Waals surface area contributed by atoms with Gasteiger partial charge in [-0.15, -0.1) is 0 Å². The fourth-order valence-corrected chi connectivity index (χ4v) is 2.84. The maximum absolute atomic E-state index is 12.3.